The Morgan fingerprint density at radius 2 is 2.13 bits per heavy atom. The zero-order valence-corrected chi connectivity index (χ0v) is 23.4. The minimum Gasteiger partial charge on any atom is -0.495 e. The van der Waals surface area contributed by atoms with Crippen LogP contribution in [0.5, 0.6) is 5.75 Å². The lowest BCUT2D eigenvalue weighted by molar-refractivity contribution is -0.120. The predicted octanol–water partition coefficient (Wildman–Crippen LogP) is 2.79. The van der Waals surface area contributed by atoms with Crippen LogP contribution in [-0.2, 0) is 9.53 Å². The molecule has 5 rings (SSSR count). The topological polar surface area (TPSA) is 112 Å². The lowest BCUT2D eigenvalue weighted by atomic mass is 10.1. The number of ether oxygens (including phenoxy) is 2. The van der Waals surface area contributed by atoms with Gasteiger partial charge in [0.2, 0.25) is 11.9 Å². The number of nitrogens with zero attached hydrogens (tertiary/aromatic N) is 5. The molecule has 39 heavy (non-hydrogen) atoms. The van der Waals surface area contributed by atoms with Gasteiger partial charge in [-0.1, -0.05) is 6.92 Å². The van der Waals surface area contributed by atoms with Crippen molar-refractivity contribution in [3.8, 4) is 5.75 Å². The largest absolute Gasteiger partial charge is 0.495 e. The van der Waals surface area contributed by atoms with E-state index in [9.17, 15) is 9.59 Å². The summed E-state index contributed by atoms with van der Waals surface area (Å²) in [6.45, 7) is 9.28. The van der Waals surface area contributed by atoms with Gasteiger partial charge in [-0.15, -0.1) is 0 Å². The molecule has 3 atom stereocenters. The van der Waals surface area contributed by atoms with E-state index >= 15 is 0 Å². The number of benzene rings is 1. The van der Waals surface area contributed by atoms with Crippen LogP contribution in [0.1, 0.15) is 50.4 Å². The van der Waals surface area contributed by atoms with Crippen LogP contribution in [0.2, 0.25) is 0 Å². The van der Waals surface area contributed by atoms with E-state index in [2.05, 4.69) is 39.3 Å². The van der Waals surface area contributed by atoms with E-state index in [1.165, 1.54) is 12.8 Å². The number of aromatic nitrogens is 2. The molecule has 11 nitrogen and oxygen atoms in total. The van der Waals surface area contributed by atoms with Crippen molar-refractivity contribution in [2.45, 2.75) is 64.3 Å². The Morgan fingerprint density at radius 3 is 2.87 bits per heavy atom. The predicted molar refractivity (Wildman–Crippen MR) is 150 cm³/mol. The van der Waals surface area contributed by atoms with Gasteiger partial charge in [-0.2, -0.15) is 4.98 Å². The third-order valence-electron chi connectivity index (χ3n) is 7.91. The molecule has 3 aliphatic heterocycles. The molecule has 0 spiro atoms. The Labute approximate surface area is 229 Å². The van der Waals surface area contributed by atoms with E-state index in [1.54, 1.807) is 43.5 Å². The minimum atomic E-state index is -0.284. The Morgan fingerprint density at radius 1 is 1.31 bits per heavy atom. The van der Waals surface area contributed by atoms with Crippen molar-refractivity contribution in [2.24, 2.45) is 0 Å². The van der Waals surface area contributed by atoms with E-state index in [0.717, 1.165) is 19.7 Å². The van der Waals surface area contributed by atoms with E-state index in [0.29, 0.717) is 53.5 Å². The number of likely N-dealkylation sites (N-methyl/N-ethyl adjacent to an activating group) is 1. The highest BCUT2D eigenvalue weighted by Crippen LogP contribution is 2.37. The highest BCUT2D eigenvalue weighted by Gasteiger charge is 2.38. The summed E-state index contributed by atoms with van der Waals surface area (Å²) in [5, 5.41) is 6.24. The lowest BCUT2D eigenvalue weighted by Crippen LogP contribution is -2.54. The van der Waals surface area contributed by atoms with Gasteiger partial charge in [-0.25, -0.2) is 4.98 Å². The van der Waals surface area contributed by atoms with Gasteiger partial charge in [0, 0.05) is 37.8 Å². The van der Waals surface area contributed by atoms with Crippen molar-refractivity contribution in [1.82, 2.24) is 20.2 Å². The summed E-state index contributed by atoms with van der Waals surface area (Å²) >= 11 is 0. The van der Waals surface area contributed by atoms with Gasteiger partial charge >= 0.3 is 0 Å². The number of morpholine rings is 1. The van der Waals surface area contributed by atoms with Crippen LogP contribution in [0.3, 0.4) is 0 Å². The number of rotatable bonds is 8. The number of nitrogens with one attached hydrogen (secondary N) is 2. The molecule has 2 fully saturated rings. The van der Waals surface area contributed by atoms with E-state index in [1.807, 2.05) is 6.92 Å². The van der Waals surface area contributed by atoms with Gasteiger partial charge < -0.3 is 29.9 Å². The zero-order chi connectivity index (χ0) is 27.7. The molecule has 2 aromatic rings. The molecule has 2 saturated heterocycles. The number of hydrogen-bond donors (Lipinski definition) is 2. The molecule has 2 amide bonds. The minimum absolute atomic E-state index is 0.000609. The molecule has 0 bridgehead atoms. The third kappa shape index (κ3) is 5.38. The van der Waals surface area contributed by atoms with E-state index in [4.69, 9.17) is 14.5 Å². The summed E-state index contributed by atoms with van der Waals surface area (Å²) in [6, 6.07) is 5.56. The van der Waals surface area contributed by atoms with Crippen LogP contribution in [0.4, 0.5) is 23.1 Å². The van der Waals surface area contributed by atoms with Crippen LogP contribution in [0.25, 0.3) is 0 Å². The molecule has 2 N–H and O–H groups in total. The average Bonchev–Trinajstić information content (AvgIpc) is 3.41. The number of hydrogen-bond acceptors (Lipinski definition) is 9. The first kappa shape index (κ1) is 27.1. The zero-order valence-electron chi connectivity index (χ0n) is 23.4. The van der Waals surface area contributed by atoms with Gasteiger partial charge in [-0.05, 0) is 57.9 Å². The molecule has 1 aromatic carbocycles. The first-order valence-corrected chi connectivity index (χ1v) is 13.8. The molecule has 3 aliphatic rings. The van der Waals surface area contributed by atoms with E-state index < -0.39 is 0 Å². The van der Waals surface area contributed by atoms with Crippen LogP contribution in [0, 0.1) is 0 Å². The first-order valence-electron chi connectivity index (χ1n) is 13.8. The Hall–Kier alpha value is -3.44. The maximum absolute atomic E-state index is 12.9. The number of methoxy groups -OCH3 is 1. The summed E-state index contributed by atoms with van der Waals surface area (Å²) in [5.41, 5.74) is 1.80. The maximum Gasteiger partial charge on any atom is 0.251 e. The van der Waals surface area contributed by atoms with Crippen LogP contribution in [0.15, 0.2) is 24.4 Å². The fourth-order valence-electron chi connectivity index (χ4n) is 5.81. The number of amides is 2. The summed E-state index contributed by atoms with van der Waals surface area (Å²) in [4.78, 5) is 41.2. The Bertz CT molecular complexity index is 1220. The standard InChI is InChI=1S/C28H39N7O4/c1-6-22-27(37)33(4)23-14-30-28(32-25(23)35(22)17(2)3)31-21-10-9-18(12-24(21)38-5)26(36)29-13-20-15-34-11-7-8-19(34)16-39-20/h9-10,12,14,17,19-20,22H,6-8,11,13,15-16H2,1-5H3,(H,29,36)(H,30,31,32)/t19-,20+,22-/m1/s1. The van der Waals surface area contributed by atoms with Crippen molar-refractivity contribution in [3.05, 3.63) is 30.0 Å². The quantitative estimate of drug-likeness (QED) is 0.525. The number of fused-ring (bicyclic) bond motifs is 2. The molecule has 0 unspecified atom stereocenters. The highest BCUT2D eigenvalue weighted by molar-refractivity contribution is 6.04. The van der Waals surface area contributed by atoms with E-state index in [-0.39, 0.29) is 30.0 Å². The summed E-state index contributed by atoms with van der Waals surface area (Å²) < 4.78 is 11.6. The van der Waals surface area contributed by atoms with Gasteiger partial charge in [0.15, 0.2) is 5.82 Å². The molecule has 0 saturated carbocycles. The molecule has 210 valence electrons. The second-order valence-electron chi connectivity index (χ2n) is 10.7. The smallest absolute Gasteiger partial charge is 0.251 e. The van der Waals surface area contributed by atoms with Gasteiger partial charge in [0.1, 0.15) is 17.5 Å². The number of carbonyl (C=O) groups excluding carboxylic acids is 2. The fraction of sp³-hybridized carbons (Fsp3) is 0.571. The van der Waals surface area contributed by atoms with Crippen molar-refractivity contribution < 1.29 is 19.1 Å². The number of anilines is 4. The molecule has 4 heterocycles. The van der Waals surface area contributed by atoms with Crippen molar-refractivity contribution in [1.29, 1.82) is 0 Å². The molecule has 1 aromatic heterocycles. The van der Waals surface area contributed by atoms with Crippen LogP contribution >= 0.6 is 0 Å². The molecular formula is C28H39N7O4. The monoisotopic (exact) mass is 537 g/mol. The summed E-state index contributed by atoms with van der Waals surface area (Å²) in [5.74, 6) is 1.44. The Kier molecular flexibility index (Phi) is 7.90. The van der Waals surface area contributed by atoms with Gasteiger partial charge in [-0.3, -0.25) is 14.5 Å². The van der Waals surface area contributed by atoms with Gasteiger partial charge in [0.05, 0.1) is 31.7 Å². The average molecular weight is 538 g/mol. The maximum atomic E-state index is 12.9. The second kappa shape index (κ2) is 11.4. The SMILES string of the molecule is CC[C@@H]1C(=O)N(C)c2cnc(Nc3ccc(C(=O)NC[C@H]4CN5CCC[C@@H]5CO4)cc3OC)nc2N1C(C)C. The van der Waals surface area contributed by atoms with Crippen LogP contribution in [-0.4, -0.2) is 91.3 Å². The van der Waals surface area contributed by atoms with Crippen molar-refractivity contribution in [2.75, 3.05) is 55.5 Å². The normalized spacial score (nSPS) is 23.0. The third-order valence-corrected chi connectivity index (χ3v) is 7.91. The molecule has 0 radical (unpaired) electrons. The molecule has 0 aliphatic carbocycles. The molecule has 11 heteroatoms. The van der Waals surface area contributed by atoms with Crippen LogP contribution < -0.4 is 25.2 Å². The first-order chi connectivity index (χ1) is 18.8. The highest BCUT2D eigenvalue weighted by atomic mass is 16.5. The Balaban J connectivity index is 1.29. The fourth-order valence-corrected chi connectivity index (χ4v) is 5.81. The lowest BCUT2D eigenvalue weighted by Gasteiger charge is -2.42. The van der Waals surface area contributed by atoms with Crippen molar-refractivity contribution >= 4 is 35.0 Å². The second-order valence-corrected chi connectivity index (χ2v) is 10.7. The molecular weight excluding hydrogens is 498 g/mol. The van der Waals surface area contributed by atoms with Crippen molar-refractivity contribution in [3.63, 3.8) is 0 Å². The van der Waals surface area contributed by atoms with Gasteiger partial charge in [0.25, 0.3) is 5.91 Å². The summed E-state index contributed by atoms with van der Waals surface area (Å²) in [7, 11) is 3.32. The number of carbonyl (C=O) groups is 2. The summed E-state index contributed by atoms with van der Waals surface area (Å²) in [6.07, 6.45) is 4.75.